The average molecular weight is 476 g/mol. The smallest absolute Gasteiger partial charge is 0.323 e. The number of nitrogens with zero attached hydrogens (tertiary/aromatic N) is 3. The molecule has 0 aliphatic carbocycles. The van der Waals surface area contributed by atoms with E-state index in [9.17, 15) is 4.79 Å². The van der Waals surface area contributed by atoms with Crippen LogP contribution in [0.1, 0.15) is 0 Å². The minimum Gasteiger partial charge on any atom is -0.457 e. The van der Waals surface area contributed by atoms with E-state index < -0.39 is 0 Å². The standard InChI is InChI=1S/C25H22ClN5O3/c26-17-4-6-18(7-5-17)28-25(32)29-19-2-1-3-20(14-19)34-21-8-9-22-23(15-21)30-24(16-27-22)31-10-12-33-13-11-31/h1-9,14-16H,10-13H2,(H2,28,29,32). The van der Waals surface area contributed by atoms with Crippen LogP contribution in [0, 0.1) is 0 Å². The van der Waals surface area contributed by atoms with E-state index in [4.69, 9.17) is 26.1 Å². The van der Waals surface area contributed by atoms with Gasteiger partial charge in [0.2, 0.25) is 0 Å². The number of rotatable bonds is 5. The van der Waals surface area contributed by atoms with Crippen molar-refractivity contribution in [2.75, 3.05) is 41.8 Å². The first-order valence-electron chi connectivity index (χ1n) is 10.8. The fraction of sp³-hybridized carbons (Fsp3) is 0.160. The van der Waals surface area contributed by atoms with Crippen LogP contribution < -0.4 is 20.3 Å². The highest BCUT2D eigenvalue weighted by molar-refractivity contribution is 6.30. The van der Waals surface area contributed by atoms with E-state index in [0.29, 0.717) is 41.1 Å². The molecule has 1 saturated heterocycles. The first-order chi connectivity index (χ1) is 16.6. The Hall–Kier alpha value is -3.88. The maximum atomic E-state index is 12.3. The van der Waals surface area contributed by atoms with Crippen molar-refractivity contribution >= 4 is 45.9 Å². The monoisotopic (exact) mass is 475 g/mol. The largest absolute Gasteiger partial charge is 0.457 e. The molecule has 5 rings (SSSR count). The molecule has 0 saturated carbocycles. The molecule has 1 fully saturated rings. The summed E-state index contributed by atoms with van der Waals surface area (Å²) in [6.07, 6.45) is 1.79. The third-order valence-corrected chi connectivity index (χ3v) is 5.52. The molecule has 0 unspecified atom stereocenters. The molecule has 2 N–H and O–H groups in total. The molecular weight excluding hydrogens is 454 g/mol. The first kappa shape index (κ1) is 21.9. The third-order valence-electron chi connectivity index (χ3n) is 5.27. The number of fused-ring (bicyclic) bond motifs is 1. The average Bonchev–Trinajstić information content (AvgIpc) is 2.86. The van der Waals surface area contributed by atoms with Gasteiger partial charge in [-0.25, -0.2) is 9.78 Å². The van der Waals surface area contributed by atoms with Crippen LogP contribution in [0.4, 0.5) is 22.0 Å². The number of aromatic nitrogens is 2. The van der Waals surface area contributed by atoms with Gasteiger partial charge in [0.25, 0.3) is 0 Å². The van der Waals surface area contributed by atoms with Crippen LogP contribution in [0.3, 0.4) is 0 Å². The van der Waals surface area contributed by atoms with Gasteiger partial charge in [0.15, 0.2) is 0 Å². The summed E-state index contributed by atoms with van der Waals surface area (Å²) in [5.74, 6) is 2.04. The summed E-state index contributed by atoms with van der Waals surface area (Å²) < 4.78 is 11.5. The van der Waals surface area contributed by atoms with Gasteiger partial charge in [0, 0.05) is 41.6 Å². The van der Waals surface area contributed by atoms with Crippen LogP contribution in [0.15, 0.2) is 72.9 Å². The van der Waals surface area contributed by atoms with Gasteiger partial charge in [-0.3, -0.25) is 4.98 Å². The Morgan fingerprint density at radius 2 is 1.68 bits per heavy atom. The molecule has 172 valence electrons. The van der Waals surface area contributed by atoms with Crippen molar-refractivity contribution in [2.45, 2.75) is 0 Å². The second kappa shape index (κ2) is 9.94. The summed E-state index contributed by atoms with van der Waals surface area (Å²) in [6.45, 7) is 2.96. The quantitative estimate of drug-likeness (QED) is 0.393. The second-order valence-corrected chi connectivity index (χ2v) is 8.13. The highest BCUT2D eigenvalue weighted by Crippen LogP contribution is 2.27. The Labute approximate surface area is 201 Å². The predicted octanol–water partition coefficient (Wildman–Crippen LogP) is 5.56. The molecule has 1 aromatic heterocycles. The summed E-state index contributed by atoms with van der Waals surface area (Å²) in [4.78, 5) is 23.8. The Kier molecular flexibility index (Phi) is 6.42. The van der Waals surface area contributed by atoms with E-state index in [0.717, 1.165) is 29.9 Å². The van der Waals surface area contributed by atoms with E-state index in [2.05, 4.69) is 20.5 Å². The van der Waals surface area contributed by atoms with Crippen LogP contribution in [-0.4, -0.2) is 42.3 Å². The molecule has 0 atom stereocenters. The van der Waals surface area contributed by atoms with Crippen molar-refractivity contribution in [1.29, 1.82) is 0 Å². The normalized spacial score (nSPS) is 13.5. The van der Waals surface area contributed by atoms with E-state index in [1.165, 1.54) is 0 Å². The number of nitrogens with one attached hydrogen (secondary N) is 2. The molecule has 34 heavy (non-hydrogen) atoms. The Balaban J connectivity index is 1.28. The lowest BCUT2D eigenvalue weighted by Crippen LogP contribution is -2.36. The molecule has 4 aromatic rings. The molecule has 2 amide bonds. The maximum Gasteiger partial charge on any atom is 0.323 e. The lowest BCUT2D eigenvalue weighted by atomic mass is 10.2. The predicted molar refractivity (Wildman–Crippen MR) is 133 cm³/mol. The molecule has 1 aliphatic rings. The number of anilines is 3. The number of halogens is 1. The van der Waals surface area contributed by atoms with Crippen molar-refractivity contribution in [3.8, 4) is 11.5 Å². The minimum absolute atomic E-state index is 0.365. The van der Waals surface area contributed by atoms with Crippen LogP contribution in [0.2, 0.25) is 5.02 Å². The first-order valence-corrected chi connectivity index (χ1v) is 11.2. The van der Waals surface area contributed by atoms with Crippen molar-refractivity contribution < 1.29 is 14.3 Å². The molecule has 2 heterocycles. The zero-order valence-corrected chi connectivity index (χ0v) is 19.0. The number of hydrogen-bond acceptors (Lipinski definition) is 6. The van der Waals surface area contributed by atoms with Crippen molar-refractivity contribution in [2.24, 2.45) is 0 Å². The zero-order valence-electron chi connectivity index (χ0n) is 18.2. The SMILES string of the molecule is O=C(Nc1ccc(Cl)cc1)Nc1cccc(Oc2ccc3ncc(N4CCOCC4)nc3c2)c1. The summed E-state index contributed by atoms with van der Waals surface area (Å²) in [5, 5.41) is 6.17. The number of carbonyl (C=O) groups excluding carboxylic acids is 1. The van der Waals surface area contributed by atoms with Gasteiger partial charge in [0.05, 0.1) is 30.4 Å². The van der Waals surface area contributed by atoms with Gasteiger partial charge in [-0.15, -0.1) is 0 Å². The zero-order chi connectivity index (χ0) is 23.3. The number of benzene rings is 3. The molecule has 0 spiro atoms. The molecule has 0 bridgehead atoms. The van der Waals surface area contributed by atoms with Gasteiger partial charge < -0.3 is 25.0 Å². The number of urea groups is 1. The van der Waals surface area contributed by atoms with Gasteiger partial charge in [-0.2, -0.15) is 0 Å². The van der Waals surface area contributed by atoms with Gasteiger partial charge in [-0.1, -0.05) is 17.7 Å². The molecule has 3 aromatic carbocycles. The van der Waals surface area contributed by atoms with Crippen molar-refractivity contribution in [3.05, 3.63) is 77.9 Å². The molecule has 9 heteroatoms. The molecule has 8 nitrogen and oxygen atoms in total. The highest BCUT2D eigenvalue weighted by Gasteiger charge is 2.14. The van der Waals surface area contributed by atoms with E-state index in [1.807, 2.05) is 30.3 Å². The van der Waals surface area contributed by atoms with Crippen molar-refractivity contribution in [1.82, 2.24) is 9.97 Å². The van der Waals surface area contributed by atoms with Gasteiger partial charge in [-0.05, 0) is 48.5 Å². The Morgan fingerprint density at radius 3 is 2.50 bits per heavy atom. The van der Waals surface area contributed by atoms with Crippen molar-refractivity contribution in [3.63, 3.8) is 0 Å². The van der Waals surface area contributed by atoms with Crippen LogP contribution >= 0.6 is 11.6 Å². The number of morpholine rings is 1. The van der Waals surface area contributed by atoms with Crippen LogP contribution in [-0.2, 0) is 4.74 Å². The summed E-state index contributed by atoms with van der Waals surface area (Å²) >= 11 is 5.88. The second-order valence-electron chi connectivity index (χ2n) is 7.69. The Bertz CT molecular complexity index is 1310. The van der Waals surface area contributed by atoms with E-state index in [-0.39, 0.29) is 6.03 Å². The lowest BCUT2D eigenvalue weighted by molar-refractivity contribution is 0.122. The summed E-state index contributed by atoms with van der Waals surface area (Å²) in [6, 6.07) is 19.3. The molecule has 0 radical (unpaired) electrons. The third kappa shape index (κ3) is 5.36. The fourth-order valence-corrected chi connectivity index (χ4v) is 3.72. The summed E-state index contributed by atoms with van der Waals surface area (Å²) in [7, 11) is 0. The topological polar surface area (TPSA) is 88.6 Å². The number of ether oxygens (including phenoxy) is 2. The molecular formula is C25H22ClN5O3. The fourth-order valence-electron chi connectivity index (χ4n) is 3.59. The molecule has 1 aliphatic heterocycles. The maximum absolute atomic E-state index is 12.3. The minimum atomic E-state index is -0.365. The number of hydrogen-bond donors (Lipinski definition) is 2. The van der Waals surface area contributed by atoms with Gasteiger partial charge in [0.1, 0.15) is 17.3 Å². The highest BCUT2D eigenvalue weighted by atomic mass is 35.5. The number of carbonyl (C=O) groups is 1. The van der Waals surface area contributed by atoms with E-state index in [1.54, 1.807) is 42.6 Å². The number of amides is 2. The van der Waals surface area contributed by atoms with Gasteiger partial charge >= 0.3 is 6.03 Å². The van der Waals surface area contributed by atoms with Crippen LogP contribution in [0.25, 0.3) is 11.0 Å². The Morgan fingerprint density at radius 1 is 0.912 bits per heavy atom. The lowest BCUT2D eigenvalue weighted by Gasteiger charge is -2.27. The van der Waals surface area contributed by atoms with E-state index >= 15 is 0 Å². The summed E-state index contributed by atoms with van der Waals surface area (Å²) in [5.41, 5.74) is 2.78. The van der Waals surface area contributed by atoms with Crippen LogP contribution in [0.5, 0.6) is 11.5 Å².